The highest BCUT2D eigenvalue weighted by molar-refractivity contribution is 5.92. The van der Waals surface area contributed by atoms with Crippen molar-refractivity contribution in [2.24, 2.45) is 0 Å². The molecule has 0 saturated heterocycles. The van der Waals surface area contributed by atoms with E-state index in [1.807, 2.05) is 73.1 Å². The van der Waals surface area contributed by atoms with Gasteiger partial charge in [0.05, 0.1) is 18.0 Å². The number of hydrogen-bond donors (Lipinski definition) is 0. The van der Waals surface area contributed by atoms with Crippen LogP contribution in [0.25, 0.3) is 72.1 Å². The molecule has 0 aliphatic heterocycles. The summed E-state index contributed by atoms with van der Waals surface area (Å²) in [6, 6.07) is 46.1. The molecule has 4 nitrogen and oxygen atoms in total. The molecule has 7 aromatic rings. The third-order valence-electron chi connectivity index (χ3n) is 9.20. The highest BCUT2D eigenvalue weighted by Crippen LogP contribution is 2.53. The summed E-state index contributed by atoms with van der Waals surface area (Å²) in [7, 11) is 0. The summed E-state index contributed by atoms with van der Waals surface area (Å²) in [6.07, 6.45) is 3.66. The quantitative estimate of drug-likeness (QED) is 0.184. The second kappa shape index (κ2) is 11.3. The van der Waals surface area contributed by atoms with Gasteiger partial charge in [0.1, 0.15) is 0 Å². The fourth-order valence-corrected chi connectivity index (χ4v) is 6.76. The van der Waals surface area contributed by atoms with Crippen LogP contribution in [0.5, 0.6) is 0 Å². The van der Waals surface area contributed by atoms with Gasteiger partial charge in [-0.15, -0.1) is 0 Å². The Bertz CT molecular complexity index is 2260. The van der Waals surface area contributed by atoms with Gasteiger partial charge in [-0.2, -0.15) is 0 Å². The molecule has 0 saturated carbocycles. The van der Waals surface area contributed by atoms with Crippen LogP contribution in [0.15, 0.2) is 146 Å². The Labute approximate surface area is 274 Å². The van der Waals surface area contributed by atoms with Gasteiger partial charge in [0.15, 0.2) is 11.5 Å². The van der Waals surface area contributed by atoms with Gasteiger partial charge in [0.2, 0.25) is 0 Å². The maximum atomic E-state index is 7.82. The van der Waals surface area contributed by atoms with Gasteiger partial charge in [-0.3, -0.25) is 4.98 Å². The largest absolute Gasteiger partial charge is 0.265 e. The van der Waals surface area contributed by atoms with E-state index in [0.29, 0.717) is 11.5 Å². The number of fused-ring (bicyclic) bond motifs is 3. The van der Waals surface area contributed by atoms with Crippen molar-refractivity contribution < 1.29 is 0 Å². The molecule has 2 heterocycles. The smallest absolute Gasteiger partial charge is 0.195 e. The van der Waals surface area contributed by atoms with Gasteiger partial charge in [0, 0.05) is 34.5 Å². The van der Waals surface area contributed by atoms with Crippen LogP contribution in [0.3, 0.4) is 0 Å². The van der Waals surface area contributed by atoms with Gasteiger partial charge < -0.3 is 0 Å². The number of hydrogen-bond acceptors (Lipinski definition) is 3. The van der Waals surface area contributed by atoms with Crippen molar-refractivity contribution in [3.63, 3.8) is 0 Å². The van der Waals surface area contributed by atoms with Crippen LogP contribution >= 0.6 is 0 Å². The lowest BCUT2D eigenvalue weighted by Crippen LogP contribution is -2.14. The van der Waals surface area contributed by atoms with Crippen LogP contribution in [-0.4, -0.2) is 15.0 Å². The zero-order chi connectivity index (χ0) is 32.0. The molecule has 0 bridgehead atoms. The van der Waals surface area contributed by atoms with Gasteiger partial charge >= 0.3 is 0 Å². The number of rotatable bonds is 5. The SMILES string of the molecule is [C-]#[N+]c1cccc2c1-c1ccc(-c3cc(-c4ccncc4)cc(-c4cc(-c5ccccc5)nc(-c5ccccc5)n4)c3)cc1C2(C)C. The van der Waals surface area contributed by atoms with Crippen molar-refractivity contribution in [3.05, 3.63) is 168 Å². The molecule has 0 radical (unpaired) electrons. The minimum Gasteiger partial charge on any atom is -0.265 e. The number of nitrogens with zero attached hydrogens (tertiary/aromatic N) is 4. The molecule has 1 aliphatic rings. The molecule has 0 unspecified atom stereocenters. The first kappa shape index (κ1) is 28.3. The molecule has 1 aliphatic carbocycles. The summed E-state index contributed by atoms with van der Waals surface area (Å²) in [5, 5.41) is 0. The van der Waals surface area contributed by atoms with Crippen molar-refractivity contribution in [1.29, 1.82) is 0 Å². The molecule has 0 N–H and O–H groups in total. The van der Waals surface area contributed by atoms with Crippen molar-refractivity contribution in [1.82, 2.24) is 15.0 Å². The van der Waals surface area contributed by atoms with Crippen molar-refractivity contribution >= 4 is 5.69 Å². The van der Waals surface area contributed by atoms with Gasteiger partial charge in [0.25, 0.3) is 0 Å². The van der Waals surface area contributed by atoms with E-state index >= 15 is 0 Å². The van der Waals surface area contributed by atoms with Crippen molar-refractivity contribution in [2.45, 2.75) is 19.3 Å². The van der Waals surface area contributed by atoms with Crippen LogP contribution < -0.4 is 0 Å². The van der Waals surface area contributed by atoms with Gasteiger partial charge in [-0.25, -0.2) is 14.8 Å². The number of pyridine rings is 1. The average Bonchev–Trinajstić information content (AvgIpc) is 3.38. The summed E-state index contributed by atoms with van der Waals surface area (Å²) >= 11 is 0. The van der Waals surface area contributed by atoms with E-state index in [9.17, 15) is 0 Å². The molecule has 4 heteroatoms. The maximum Gasteiger partial charge on any atom is 0.195 e. The molecular weight excluding hydrogens is 573 g/mol. The fraction of sp³-hybridized carbons (Fsp3) is 0.0698. The Morgan fingerprint density at radius 2 is 1.15 bits per heavy atom. The molecule has 8 rings (SSSR count). The minimum atomic E-state index is -0.227. The first-order valence-corrected chi connectivity index (χ1v) is 15.7. The summed E-state index contributed by atoms with van der Waals surface area (Å²) in [4.78, 5) is 18.3. The Kier molecular flexibility index (Phi) is 6.82. The third kappa shape index (κ3) is 4.99. The van der Waals surface area contributed by atoms with Crippen LogP contribution in [0.1, 0.15) is 25.0 Å². The van der Waals surface area contributed by atoms with Crippen LogP contribution in [0.4, 0.5) is 5.69 Å². The first-order valence-electron chi connectivity index (χ1n) is 15.7. The van der Waals surface area contributed by atoms with E-state index in [1.165, 1.54) is 11.1 Å². The van der Waals surface area contributed by atoms with Crippen LogP contribution in [0.2, 0.25) is 0 Å². The first-order chi connectivity index (χ1) is 23.0. The van der Waals surface area contributed by atoms with E-state index in [-0.39, 0.29) is 5.41 Å². The summed E-state index contributed by atoms with van der Waals surface area (Å²) in [6.45, 7) is 12.3. The molecule has 0 fully saturated rings. The lowest BCUT2D eigenvalue weighted by atomic mass is 9.81. The molecular formula is C43H30N4. The van der Waals surface area contributed by atoms with E-state index in [0.717, 1.165) is 61.5 Å². The topological polar surface area (TPSA) is 43.0 Å². The Morgan fingerprint density at radius 3 is 1.85 bits per heavy atom. The highest BCUT2D eigenvalue weighted by Gasteiger charge is 2.36. The number of aromatic nitrogens is 3. The van der Waals surface area contributed by atoms with Crippen molar-refractivity contribution in [2.75, 3.05) is 0 Å². The molecule has 47 heavy (non-hydrogen) atoms. The fourth-order valence-electron chi connectivity index (χ4n) is 6.76. The molecule has 5 aromatic carbocycles. The molecule has 0 amide bonds. The standard InChI is InChI=1S/C43H30N4/c1-43(2)36-15-10-16-38(44-3)41(36)35-18-17-31(26-37(35)43)33-23-32(28-19-21-45-22-20-28)24-34(25-33)40-27-39(29-11-6-4-7-12-29)46-42(47-40)30-13-8-5-9-14-30/h4-27H,1-2H3. The second-order valence-electron chi connectivity index (χ2n) is 12.4. The van der Waals surface area contributed by atoms with E-state index < -0.39 is 0 Å². The lowest BCUT2D eigenvalue weighted by molar-refractivity contribution is 0.661. The predicted octanol–water partition coefficient (Wildman–Crippen LogP) is 11.1. The molecule has 2 aromatic heterocycles. The van der Waals surface area contributed by atoms with Crippen molar-refractivity contribution in [3.8, 4) is 67.3 Å². The van der Waals surface area contributed by atoms with Crippen LogP contribution in [0, 0.1) is 6.57 Å². The summed E-state index contributed by atoms with van der Waals surface area (Å²) < 4.78 is 0. The average molecular weight is 603 g/mol. The number of benzene rings is 5. The highest BCUT2D eigenvalue weighted by atomic mass is 14.9. The summed E-state index contributed by atoms with van der Waals surface area (Å²) in [5.41, 5.74) is 14.2. The van der Waals surface area contributed by atoms with Crippen LogP contribution in [-0.2, 0) is 5.41 Å². The zero-order valence-corrected chi connectivity index (χ0v) is 26.1. The molecule has 222 valence electrons. The molecule has 0 spiro atoms. The van der Waals surface area contributed by atoms with E-state index in [2.05, 4.69) is 96.5 Å². The Hall–Kier alpha value is -6.18. The minimum absolute atomic E-state index is 0.227. The molecule has 0 atom stereocenters. The predicted molar refractivity (Wildman–Crippen MR) is 191 cm³/mol. The van der Waals surface area contributed by atoms with Gasteiger partial charge in [-0.05, 0) is 87.0 Å². The van der Waals surface area contributed by atoms with E-state index in [1.54, 1.807) is 0 Å². The monoisotopic (exact) mass is 602 g/mol. The van der Waals surface area contributed by atoms with Gasteiger partial charge in [-0.1, -0.05) is 105 Å². The Morgan fingerprint density at radius 1 is 0.511 bits per heavy atom. The second-order valence-corrected chi connectivity index (χ2v) is 12.4. The maximum absolute atomic E-state index is 7.82. The lowest BCUT2D eigenvalue weighted by Gasteiger charge is -2.22. The zero-order valence-electron chi connectivity index (χ0n) is 26.1. The summed E-state index contributed by atoms with van der Waals surface area (Å²) in [5.74, 6) is 0.686. The van der Waals surface area contributed by atoms with E-state index in [4.69, 9.17) is 16.5 Å². The Balaban J connectivity index is 1.33. The normalized spacial score (nSPS) is 12.6. The third-order valence-corrected chi connectivity index (χ3v) is 9.20.